The first-order chi connectivity index (χ1) is 10.6. The Morgan fingerprint density at radius 2 is 2.18 bits per heavy atom. The van der Waals surface area contributed by atoms with Crippen LogP contribution in [0.4, 0.5) is 0 Å². The maximum atomic E-state index is 12.2. The maximum Gasteiger partial charge on any atom is 0.214 e. The van der Waals surface area contributed by atoms with Crippen molar-refractivity contribution in [3.8, 4) is 0 Å². The Bertz CT molecular complexity index is 572. The fourth-order valence-corrected chi connectivity index (χ4v) is 4.89. The summed E-state index contributed by atoms with van der Waals surface area (Å²) in [7, 11) is -3.13. The van der Waals surface area contributed by atoms with Gasteiger partial charge in [0.25, 0.3) is 0 Å². The van der Waals surface area contributed by atoms with Gasteiger partial charge in [-0.1, -0.05) is 6.92 Å². The molecule has 2 fully saturated rings. The standard InChI is InChI=1S/C15H24N2O4S/c1-2-7-22(18,19)17-10-14-9-16(4-6-21-15(14)11-17)8-13-3-5-20-12-13/h3,5,12,14-15H,2,4,6-11H2,1H3/t14-,15+/m0/s1. The van der Waals surface area contributed by atoms with Crippen LogP contribution >= 0.6 is 0 Å². The normalized spacial score (nSPS) is 27.7. The molecule has 2 atom stereocenters. The number of hydrogen-bond acceptors (Lipinski definition) is 5. The average Bonchev–Trinajstić information content (AvgIpc) is 3.06. The number of nitrogens with zero attached hydrogens (tertiary/aromatic N) is 2. The molecule has 2 aliphatic rings. The highest BCUT2D eigenvalue weighted by Crippen LogP contribution is 2.26. The monoisotopic (exact) mass is 328 g/mol. The van der Waals surface area contributed by atoms with Crippen LogP contribution in [0.5, 0.6) is 0 Å². The molecule has 3 heterocycles. The summed E-state index contributed by atoms with van der Waals surface area (Å²) in [4.78, 5) is 2.32. The van der Waals surface area contributed by atoms with Gasteiger partial charge < -0.3 is 9.15 Å². The van der Waals surface area contributed by atoms with Gasteiger partial charge in [0.15, 0.2) is 0 Å². The summed E-state index contributed by atoms with van der Waals surface area (Å²) in [6, 6.07) is 1.97. The molecule has 2 saturated heterocycles. The van der Waals surface area contributed by atoms with Gasteiger partial charge in [0, 0.05) is 44.2 Å². The zero-order chi connectivity index (χ0) is 15.6. The van der Waals surface area contributed by atoms with E-state index < -0.39 is 10.0 Å². The molecular formula is C15H24N2O4S. The summed E-state index contributed by atoms with van der Waals surface area (Å²) in [6.45, 7) is 6.20. The van der Waals surface area contributed by atoms with Crippen LogP contribution < -0.4 is 0 Å². The first-order valence-electron chi connectivity index (χ1n) is 7.91. The predicted octanol–water partition coefficient (Wildman–Crippen LogP) is 1.15. The second-order valence-corrected chi connectivity index (χ2v) is 8.26. The van der Waals surface area contributed by atoms with Gasteiger partial charge in [-0.3, -0.25) is 4.90 Å². The molecule has 0 bridgehead atoms. The van der Waals surface area contributed by atoms with E-state index in [9.17, 15) is 8.42 Å². The molecule has 0 saturated carbocycles. The van der Waals surface area contributed by atoms with Crippen LogP contribution in [-0.4, -0.2) is 62.3 Å². The van der Waals surface area contributed by atoms with Crippen LogP contribution in [0.15, 0.2) is 23.0 Å². The number of hydrogen-bond donors (Lipinski definition) is 0. The van der Waals surface area contributed by atoms with Crippen molar-refractivity contribution in [2.75, 3.05) is 38.5 Å². The lowest BCUT2D eigenvalue weighted by molar-refractivity contribution is 0.0546. The molecule has 6 nitrogen and oxygen atoms in total. The summed E-state index contributed by atoms with van der Waals surface area (Å²) in [6.07, 6.45) is 4.12. The van der Waals surface area contributed by atoms with Crippen LogP contribution in [0.2, 0.25) is 0 Å². The molecule has 0 aromatic carbocycles. The summed E-state index contributed by atoms with van der Waals surface area (Å²) >= 11 is 0. The van der Waals surface area contributed by atoms with E-state index in [0.29, 0.717) is 26.1 Å². The minimum Gasteiger partial charge on any atom is -0.472 e. The molecule has 1 aromatic rings. The van der Waals surface area contributed by atoms with Gasteiger partial charge in [-0.15, -0.1) is 0 Å². The number of fused-ring (bicyclic) bond motifs is 1. The zero-order valence-electron chi connectivity index (χ0n) is 13.0. The third-order valence-electron chi connectivity index (χ3n) is 4.42. The molecule has 7 heteroatoms. The van der Waals surface area contributed by atoms with E-state index in [0.717, 1.165) is 25.2 Å². The highest BCUT2D eigenvalue weighted by Gasteiger charge is 2.40. The van der Waals surface area contributed by atoms with Crippen molar-refractivity contribution in [2.24, 2.45) is 5.92 Å². The van der Waals surface area contributed by atoms with Gasteiger partial charge >= 0.3 is 0 Å². The number of furan rings is 1. The van der Waals surface area contributed by atoms with E-state index in [2.05, 4.69) is 4.90 Å². The topological polar surface area (TPSA) is 63.0 Å². The van der Waals surface area contributed by atoms with Crippen LogP contribution in [0.25, 0.3) is 0 Å². The van der Waals surface area contributed by atoms with E-state index in [4.69, 9.17) is 9.15 Å². The lowest BCUT2D eigenvalue weighted by Crippen LogP contribution is -2.34. The van der Waals surface area contributed by atoms with E-state index >= 15 is 0 Å². The van der Waals surface area contributed by atoms with Gasteiger partial charge in [0.05, 0.1) is 31.0 Å². The van der Waals surface area contributed by atoms with E-state index in [1.807, 2.05) is 13.0 Å². The summed E-state index contributed by atoms with van der Waals surface area (Å²) in [5.41, 5.74) is 1.15. The molecule has 124 valence electrons. The SMILES string of the molecule is CCCS(=O)(=O)N1C[C@@H]2CN(Cc3ccoc3)CCO[C@@H]2C1. The first-order valence-corrected chi connectivity index (χ1v) is 9.52. The van der Waals surface area contributed by atoms with Gasteiger partial charge in [-0.25, -0.2) is 8.42 Å². The summed E-state index contributed by atoms with van der Waals surface area (Å²) in [5.74, 6) is 0.478. The molecule has 0 N–H and O–H groups in total. The van der Waals surface area contributed by atoms with Gasteiger partial charge in [0.1, 0.15) is 0 Å². The average molecular weight is 328 g/mol. The van der Waals surface area contributed by atoms with Crippen molar-refractivity contribution in [3.63, 3.8) is 0 Å². The Balaban J connectivity index is 1.64. The van der Waals surface area contributed by atoms with Crippen LogP contribution in [-0.2, 0) is 21.3 Å². The third-order valence-corrected chi connectivity index (χ3v) is 6.43. The van der Waals surface area contributed by atoms with Gasteiger partial charge in [-0.2, -0.15) is 4.31 Å². The Hall–Kier alpha value is -0.890. The van der Waals surface area contributed by atoms with Crippen molar-refractivity contribution in [1.29, 1.82) is 0 Å². The molecule has 1 aromatic heterocycles. The Morgan fingerprint density at radius 1 is 1.32 bits per heavy atom. The zero-order valence-corrected chi connectivity index (χ0v) is 13.8. The second-order valence-electron chi connectivity index (χ2n) is 6.17. The van der Waals surface area contributed by atoms with E-state index in [1.54, 1.807) is 16.8 Å². The lowest BCUT2D eigenvalue weighted by atomic mass is 10.1. The molecule has 0 amide bonds. The van der Waals surface area contributed by atoms with Gasteiger partial charge in [-0.05, 0) is 12.5 Å². The molecular weight excluding hydrogens is 304 g/mol. The highest BCUT2D eigenvalue weighted by atomic mass is 32.2. The van der Waals surface area contributed by atoms with Crippen molar-refractivity contribution >= 4 is 10.0 Å². The smallest absolute Gasteiger partial charge is 0.214 e. The van der Waals surface area contributed by atoms with Crippen molar-refractivity contribution in [2.45, 2.75) is 26.0 Å². The second kappa shape index (κ2) is 6.70. The predicted molar refractivity (Wildman–Crippen MR) is 82.9 cm³/mol. The largest absolute Gasteiger partial charge is 0.472 e. The molecule has 3 rings (SSSR count). The molecule has 0 aliphatic carbocycles. The Labute approximate surface area is 132 Å². The van der Waals surface area contributed by atoms with Crippen LogP contribution in [0.3, 0.4) is 0 Å². The Kier molecular flexibility index (Phi) is 4.87. The third kappa shape index (κ3) is 3.53. The fraction of sp³-hybridized carbons (Fsp3) is 0.733. The van der Waals surface area contributed by atoms with E-state index in [1.165, 1.54) is 0 Å². The van der Waals surface area contributed by atoms with Crippen molar-refractivity contribution in [3.05, 3.63) is 24.2 Å². The minimum atomic E-state index is -3.13. The maximum absolute atomic E-state index is 12.2. The summed E-state index contributed by atoms with van der Waals surface area (Å²) < 4.78 is 37.1. The molecule has 0 radical (unpaired) electrons. The summed E-state index contributed by atoms with van der Waals surface area (Å²) in [5, 5.41) is 0. The number of sulfonamides is 1. The quantitative estimate of drug-likeness (QED) is 0.811. The van der Waals surface area contributed by atoms with Crippen molar-refractivity contribution in [1.82, 2.24) is 9.21 Å². The lowest BCUT2D eigenvalue weighted by Gasteiger charge is -2.22. The van der Waals surface area contributed by atoms with Crippen molar-refractivity contribution < 1.29 is 17.6 Å². The van der Waals surface area contributed by atoms with E-state index in [-0.39, 0.29) is 17.8 Å². The highest BCUT2D eigenvalue weighted by molar-refractivity contribution is 7.89. The minimum absolute atomic E-state index is 0.0287. The molecule has 2 aliphatic heterocycles. The van der Waals surface area contributed by atoms with Crippen LogP contribution in [0, 0.1) is 5.92 Å². The molecule has 0 unspecified atom stereocenters. The molecule has 0 spiro atoms. The Morgan fingerprint density at radius 3 is 2.91 bits per heavy atom. The fourth-order valence-electron chi connectivity index (χ4n) is 3.32. The van der Waals surface area contributed by atoms with Crippen LogP contribution in [0.1, 0.15) is 18.9 Å². The number of ether oxygens (including phenoxy) is 1. The first kappa shape index (κ1) is 16.0. The molecule has 22 heavy (non-hydrogen) atoms. The number of rotatable bonds is 5. The van der Waals surface area contributed by atoms with Gasteiger partial charge in [0.2, 0.25) is 10.0 Å².